The minimum absolute atomic E-state index is 0.0314. The van der Waals surface area contributed by atoms with Crippen molar-refractivity contribution in [2.75, 3.05) is 0 Å². The van der Waals surface area contributed by atoms with Crippen LogP contribution in [0, 0.1) is 17.0 Å². The molecular weight excluding hydrogens is 244 g/mol. The van der Waals surface area contributed by atoms with Crippen molar-refractivity contribution < 1.29 is 19.2 Å². The standard InChI is InChI=1S/C9H8N4O5/c1-5-10-11-8(18-5)4-12-3-6(13(16)17)2-7(12)9(14)15/h2-3H,4H2,1H3,(H,14,15). The van der Waals surface area contributed by atoms with Crippen LogP contribution in [0.25, 0.3) is 0 Å². The highest BCUT2D eigenvalue weighted by Crippen LogP contribution is 2.17. The molecule has 18 heavy (non-hydrogen) atoms. The number of aromatic nitrogens is 3. The molecular formula is C9H8N4O5. The Labute approximate surface area is 99.8 Å². The van der Waals surface area contributed by atoms with Gasteiger partial charge in [-0.05, 0) is 0 Å². The fraction of sp³-hybridized carbons (Fsp3) is 0.222. The lowest BCUT2D eigenvalue weighted by Gasteiger charge is -2.00. The molecule has 0 atom stereocenters. The molecule has 0 aromatic carbocycles. The van der Waals surface area contributed by atoms with Gasteiger partial charge in [0.15, 0.2) is 0 Å². The van der Waals surface area contributed by atoms with E-state index in [0.29, 0.717) is 5.89 Å². The maximum Gasteiger partial charge on any atom is 0.352 e. The first kappa shape index (κ1) is 11.8. The van der Waals surface area contributed by atoms with Crippen LogP contribution < -0.4 is 0 Å². The Hall–Kier alpha value is -2.71. The first-order valence-electron chi connectivity index (χ1n) is 4.84. The number of hydrogen-bond donors (Lipinski definition) is 1. The van der Waals surface area contributed by atoms with Crippen LogP contribution >= 0.6 is 0 Å². The van der Waals surface area contributed by atoms with Crippen molar-refractivity contribution in [1.29, 1.82) is 0 Å². The highest BCUT2D eigenvalue weighted by Gasteiger charge is 2.20. The van der Waals surface area contributed by atoms with Crippen molar-refractivity contribution in [1.82, 2.24) is 14.8 Å². The second kappa shape index (κ2) is 4.28. The molecule has 0 unspecified atom stereocenters. The number of rotatable bonds is 4. The van der Waals surface area contributed by atoms with Gasteiger partial charge in [0, 0.05) is 13.0 Å². The molecule has 0 aliphatic rings. The van der Waals surface area contributed by atoms with Gasteiger partial charge in [-0.15, -0.1) is 10.2 Å². The summed E-state index contributed by atoms with van der Waals surface area (Å²) in [5, 5.41) is 26.8. The summed E-state index contributed by atoms with van der Waals surface area (Å²) in [5.41, 5.74) is -0.513. The molecule has 1 N–H and O–H groups in total. The third kappa shape index (κ3) is 2.19. The molecule has 0 spiro atoms. The second-order valence-corrected chi connectivity index (χ2v) is 3.49. The SMILES string of the molecule is Cc1nnc(Cn2cc([N+](=O)[O-])cc2C(=O)O)o1. The summed E-state index contributed by atoms with van der Waals surface area (Å²) in [4.78, 5) is 20.9. The first-order valence-corrected chi connectivity index (χ1v) is 4.84. The third-order valence-electron chi connectivity index (χ3n) is 2.19. The van der Waals surface area contributed by atoms with Crippen LogP contribution in [0.2, 0.25) is 0 Å². The summed E-state index contributed by atoms with van der Waals surface area (Å²) < 4.78 is 6.26. The van der Waals surface area contributed by atoms with Gasteiger partial charge in [0.2, 0.25) is 11.8 Å². The largest absolute Gasteiger partial charge is 0.477 e. The van der Waals surface area contributed by atoms with Crippen molar-refractivity contribution in [3.8, 4) is 0 Å². The maximum absolute atomic E-state index is 10.9. The predicted molar refractivity (Wildman–Crippen MR) is 56.2 cm³/mol. The highest BCUT2D eigenvalue weighted by molar-refractivity contribution is 5.86. The smallest absolute Gasteiger partial charge is 0.352 e. The van der Waals surface area contributed by atoms with Crippen LogP contribution in [0.5, 0.6) is 0 Å². The van der Waals surface area contributed by atoms with Crippen molar-refractivity contribution >= 4 is 11.7 Å². The van der Waals surface area contributed by atoms with E-state index in [1.807, 2.05) is 0 Å². The van der Waals surface area contributed by atoms with Crippen LogP contribution in [-0.2, 0) is 6.54 Å². The van der Waals surface area contributed by atoms with Crippen molar-refractivity contribution in [2.45, 2.75) is 13.5 Å². The second-order valence-electron chi connectivity index (χ2n) is 3.49. The molecule has 2 aromatic heterocycles. The zero-order chi connectivity index (χ0) is 13.3. The minimum atomic E-state index is -1.26. The van der Waals surface area contributed by atoms with Crippen molar-refractivity contribution in [2.24, 2.45) is 0 Å². The maximum atomic E-state index is 10.9. The first-order chi connectivity index (χ1) is 8.47. The van der Waals surface area contributed by atoms with Crippen LogP contribution in [-0.4, -0.2) is 30.8 Å². The molecule has 0 bridgehead atoms. The molecule has 0 aliphatic heterocycles. The van der Waals surface area contributed by atoms with E-state index >= 15 is 0 Å². The number of nitro groups is 1. The molecule has 9 heteroatoms. The molecule has 0 saturated heterocycles. The lowest BCUT2D eigenvalue weighted by Crippen LogP contribution is -2.08. The Morgan fingerprint density at radius 1 is 1.61 bits per heavy atom. The molecule has 94 valence electrons. The Bertz CT molecular complexity index is 614. The molecule has 2 aromatic rings. The lowest BCUT2D eigenvalue weighted by molar-refractivity contribution is -0.384. The minimum Gasteiger partial charge on any atom is -0.477 e. The summed E-state index contributed by atoms with van der Waals surface area (Å²) in [6.45, 7) is 1.56. The summed E-state index contributed by atoms with van der Waals surface area (Å²) >= 11 is 0. The molecule has 0 radical (unpaired) electrons. The number of aryl methyl sites for hydroxylation is 1. The Morgan fingerprint density at radius 3 is 2.83 bits per heavy atom. The number of carbonyl (C=O) groups is 1. The average molecular weight is 252 g/mol. The van der Waals surface area contributed by atoms with Crippen LogP contribution in [0.15, 0.2) is 16.7 Å². The Morgan fingerprint density at radius 2 is 2.33 bits per heavy atom. The molecule has 9 nitrogen and oxygen atoms in total. The Kier molecular flexibility index (Phi) is 2.80. The lowest BCUT2D eigenvalue weighted by atomic mass is 10.4. The van der Waals surface area contributed by atoms with E-state index in [-0.39, 0.29) is 23.8 Å². The van der Waals surface area contributed by atoms with Gasteiger partial charge in [0.05, 0.1) is 11.1 Å². The van der Waals surface area contributed by atoms with E-state index in [1.54, 1.807) is 6.92 Å². The van der Waals surface area contributed by atoms with Gasteiger partial charge in [-0.2, -0.15) is 0 Å². The van der Waals surface area contributed by atoms with Crippen molar-refractivity contribution in [3.05, 3.63) is 39.9 Å². The molecule has 2 heterocycles. The summed E-state index contributed by atoms with van der Waals surface area (Å²) in [7, 11) is 0. The van der Waals surface area contributed by atoms with Gasteiger partial charge in [0.25, 0.3) is 5.69 Å². The average Bonchev–Trinajstić information content (AvgIpc) is 2.85. The normalized spacial score (nSPS) is 10.5. The van der Waals surface area contributed by atoms with Crippen LogP contribution in [0.4, 0.5) is 5.69 Å². The fourth-order valence-electron chi connectivity index (χ4n) is 1.45. The summed E-state index contributed by atoms with van der Waals surface area (Å²) in [6, 6.07) is 0.978. The van der Waals surface area contributed by atoms with Gasteiger partial charge in [-0.3, -0.25) is 10.1 Å². The van der Waals surface area contributed by atoms with E-state index in [0.717, 1.165) is 12.3 Å². The van der Waals surface area contributed by atoms with E-state index in [1.165, 1.54) is 4.57 Å². The molecule has 0 fully saturated rings. The van der Waals surface area contributed by atoms with Gasteiger partial charge in [-0.25, -0.2) is 4.79 Å². The van der Waals surface area contributed by atoms with Gasteiger partial charge in [-0.1, -0.05) is 0 Å². The summed E-state index contributed by atoms with van der Waals surface area (Å²) in [5.74, 6) is -0.747. The number of nitrogens with zero attached hydrogens (tertiary/aromatic N) is 4. The van der Waals surface area contributed by atoms with Gasteiger partial charge < -0.3 is 14.1 Å². The number of carboxylic acids is 1. The monoisotopic (exact) mass is 252 g/mol. The predicted octanol–water partition coefficient (Wildman–Crippen LogP) is 0.834. The zero-order valence-electron chi connectivity index (χ0n) is 9.23. The number of aromatic carboxylic acids is 1. The molecule has 0 saturated carbocycles. The van der Waals surface area contributed by atoms with E-state index in [2.05, 4.69) is 10.2 Å². The van der Waals surface area contributed by atoms with Gasteiger partial charge in [0.1, 0.15) is 12.2 Å². The van der Waals surface area contributed by atoms with Crippen LogP contribution in [0.1, 0.15) is 22.3 Å². The topological polar surface area (TPSA) is 124 Å². The van der Waals surface area contributed by atoms with E-state index in [4.69, 9.17) is 9.52 Å². The quantitative estimate of drug-likeness (QED) is 0.631. The highest BCUT2D eigenvalue weighted by atomic mass is 16.6. The van der Waals surface area contributed by atoms with Gasteiger partial charge >= 0.3 is 5.97 Å². The fourth-order valence-corrected chi connectivity index (χ4v) is 1.45. The number of hydrogen-bond acceptors (Lipinski definition) is 6. The Balaban J connectivity index is 2.36. The van der Waals surface area contributed by atoms with E-state index < -0.39 is 10.9 Å². The zero-order valence-corrected chi connectivity index (χ0v) is 9.23. The molecule has 0 aliphatic carbocycles. The number of carboxylic acid groups (broad SMARTS) is 1. The van der Waals surface area contributed by atoms with Crippen LogP contribution in [0.3, 0.4) is 0 Å². The third-order valence-corrected chi connectivity index (χ3v) is 2.19. The van der Waals surface area contributed by atoms with Crippen molar-refractivity contribution in [3.63, 3.8) is 0 Å². The summed E-state index contributed by atoms with van der Waals surface area (Å²) in [6.07, 6.45) is 1.11. The molecule has 0 amide bonds. The molecule has 2 rings (SSSR count). The van der Waals surface area contributed by atoms with E-state index in [9.17, 15) is 14.9 Å².